The fourth-order valence-corrected chi connectivity index (χ4v) is 0.781. The van der Waals surface area contributed by atoms with Gasteiger partial charge < -0.3 is 15.8 Å². The van der Waals surface area contributed by atoms with Crippen LogP contribution in [0.2, 0.25) is 0 Å². The summed E-state index contributed by atoms with van der Waals surface area (Å²) in [6, 6.07) is 1.32. The number of pyridine rings is 1. The Morgan fingerprint density at radius 1 is 1.62 bits per heavy atom. The first-order chi connectivity index (χ1) is 6.24. The summed E-state index contributed by atoms with van der Waals surface area (Å²) in [6.45, 7) is 0.502. The molecule has 0 radical (unpaired) electrons. The Hall–Kier alpha value is -1.73. The van der Waals surface area contributed by atoms with Gasteiger partial charge in [0.25, 0.3) is 5.56 Å². The first kappa shape index (κ1) is 9.36. The van der Waals surface area contributed by atoms with Crippen molar-refractivity contribution in [2.45, 2.75) is 6.42 Å². The van der Waals surface area contributed by atoms with Crippen molar-refractivity contribution in [2.24, 2.45) is 5.73 Å². The third kappa shape index (κ3) is 2.65. The average molecular weight is 178 g/mol. The molecule has 1 heterocycles. The van der Waals surface area contributed by atoms with Gasteiger partial charge in [-0.15, -0.1) is 0 Å². The molecular formula is C9H10N2O2. The highest BCUT2D eigenvalue weighted by atomic mass is 16.3. The molecule has 0 saturated heterocycles. The lowest BCUT2D eigenvalue weighted by atomic mass is 10.2. The van der Waals surface area contributed by atoms with Gasteiger partial charge in [-0.1, -0.05) is 11.8 Å². The van der Waals surface area contributed by atoms with Crippen LogP contribution in [0.5, 0.6) is 5.75 Å². The number of aromatic hydroxyl groups is 1. The summed E-state index contributed by atoms with van der Waals surface area (Å²) in [5.41, 5.74) is 5.30. The molecule has 0 spiro atoms. The molecule has 4 heteroatoms. The van der Waals surface area contributed by atoms with Gasteiger partial charge in [0, 0.05) is 30.8 Å². The number of aromatic amines is 1. The minimum absolute atomic E-state index is 0.320. The lowest BCUT2D eigenvalue weighted by Crippen LogP contribution is -2.03. The molecule has 1 aromatic heterocycles. The molecule has 0 bridgehead atoms. The van der Waals surface area contributed by atoms with Gasteiger partial charge in [0.15, 0.2) is 5.75 Å². The zero-order chi connectivity index (χ0) is 9.68. The molecule has 0 unspecified atom stereocenters. The zero-order valence-electron chi connectivity index (χ0n) is 7.00. The van der Waals surface area contributed by atoms with E-state index in [2.05, 4.69) is 16.8 Å². The Kier molecular flexibility index (Phi) is 3.12. The first-order valence-electron chi connectivity index (χ1n) is 3.84. The first-order valence-corrected chi connectivity index (χ1v) is 3.84. The summed E-state index contributed by atoms with van der Waals surface area (Å²) < 4.78 is 0. The molecule has 0 saturated carbocycles. The molecule has 4 nitrogen and oxygen atoms in total. The van der Waals surface area contributed by atoms with E-state index in [-0.39, 0.29) is 5.75 Å². The van der Waals surface area contributed by atoms with Gasteiger partial charge in [0.05, 0.1) is 0 Å². The molecule has 68 valence electrons. The van der Waals surface area contributed by atoms with Crippen LogP contribution in [-0.2, 0) is 0 Å². The number of hydrogen-bond donors (Lipinski definition) is 3. The van der Waals surface area contributed by atoms with E-state index in [1.165, 1.54) is 12.3 Å². The van der Waals surface area contributed by atoms with E-state index in [0.29, 0.717) is 18.5 Å². The summed E-state index contributed by atoms with van der Waals surface area (Å²) in [5.74, 6) is 5.22. The van der Waals surface area contributed by atoms with E-state index in [9.17, 15) is 4.79 Å². The number of nitrogens with two attached hydrogens (primary N) is 1. The van der Waals surface area contributed by atoms with Crippen LogP contribution in [-0.4, -0.2) is 16.6 Å². The Morgan fingerprint density at radius 2 is 2.38 bits per heavy atom. The SMILES string of the molecule is NCCC#Cc1c[nH]c(=O)c(O)c1. The van der Waals surface area contributed by atoms with Gasteiger partial charge in [-0.2, -0.15) is 0 Å². The van der Waals surface area contributed by atoms with E-state index in [1.807, 2.05) is 0 Å². The molecule has 1 rings (SSSR count). The molecule has 0 aliphatic heterocycles. The Labute approximate surface area is 75.4 Å². The van der Waals surface area contributed by atoms with Crippen molar-refractivity contribution in [1.29, 1.82) is 0 Å². The van der Waals surface area contributed by atoms with Crippen molar-refractivity contribution in [3.8, 4) is 17.6 Å². The molecule has 1 aromatic rings. The lowest BCUT2D eigenvalue weighted by Gasteiger charge is -1.90. The minimum Gasteiger partial charge on any atom is -0.503 e. The fraction of sp³-hybridized carbons (Fsp3) is 0.222. The molecule has 0 amide bonds. The molecule has 0 fully saturated rings. The average Bonchev–Trinajstić information content (AvgIpc) is 2.12. The summed E-state index contributed by atoms with van der Waals surface area (Å²) >= 11 is 0. The summed E-state index contributed by atoms with van der Waals surface area (Å²) in [4.78, 5) is 13.1. The largest absolute Gasteiger partial charge is 0.503 e. The second kappa shape index (κ2) is 4.33. The van der Waals surface area contributed by atoms with Gasteiger partial charge in [-0.25, -0.2) is 0 Å². The second-order valence-electron chi connectivity index (χ2n) is 2.44. The van der Waals surface area contributed by atoms with Crippen molar-refractivity contribution < 1.29 is 5.11 Å². The van der Waals surface area contributed by atoms with Crippen molar-refractivity contribution in [3.05, 3.63) is 28.2 Å². The van der Waals surface area contributed by atoms with Crippen LogP contribution in [0.1, 0.15) is 12.0 Å². The Bertz CT molecular complexity index is 398. The van der Waals surface area contributed by atoms with E-state index in [4.69, 9.17) is 10.8 Å². The minimum atomic E-state index is -0.510. The highest BCUT2D eigenvalue weighted by molar-refractivity contribution is 5.36. The van der Waals surface area contributed by atoms with Crippen LogP contribution in [0.4, 0.5) is 0 Å². The number of nitrogens with one attached hydrogen (secondary N) is 1. The van der Waals surface area contributed by atoms with Gasteiger partial charge in [-0.3, -0.25) is 4.79 Å². The molecule has 0 aliphatic rings. The van der Waals surface area contributed by atoms with Crippen LogP contribution in [0, 0.1) is 11.8 Å². The summed E-state index contributed by atoms with van der Waals surface area (Å²) in [7, 11) is 0. The number of rotatable bonds is 1. The molecule has 4 N–H and O–H groups in total. The van der Waals surface area contributed by atoms with Gasteiger partial charge >= 0.3 is 0 Å². The van der Waals surface area contributed by atoms with E-state index >= 15 is 0 Å². The molecule has 13 heavy (non-hydrogen) atoms. The number of hydrogen-bond acceptors (Lipinski definition) is 3. The third-order valence-corrected chi connectivity index (χ3v) is 1.39. The van der Waals surface area contributed by atoms with E-state index < -0.39 is 5.56 Å². The normalized spacial score (nSPS) is 9.00. The van der Waals surface area contributed by atoms with Crippen molar-refractivity contribution in [2.75, 3.05) is 6.54 Å². The highest BCUT2D eigenvalue weighted by Crippen LogP contribution is 2.01. The van der Waals surface area contributed by atoms with Gasteiger partial charge in [0.1, 0.15) is 0 Å². The fourth-order valence-electron chi connectivity index (χ4n) is 0.781. The van der Waals surface area contributed by atoms with Gasteiger partial charge in [0.2, 0.25) is 0 Å². The maximum absolute atomic E-state index is 10.7. The monoisotopic (exact) mass is 178 g/mol. The van der Waals surface area contributed by atoms with Crippen molar-refractivity contribution in [1.82, 2.24) is 4.98 Å². The summed E-state index contributed by atoms with van der Waals surface area (Å²) in [5, 5.41) is 9.02. The van der Waals surface area contributed by atoms with Crippen molar-refractivity contribution >= 4 is 0 Å². The summed E-state index contributed by atoms with van der Waals surface area (Å²) in [6.07, 6.45) is 2.05. The standard InChI is InChI=1S/C9H10N2O2/c10-4-2-1-3-7-5-8(12)9(13)11-6-7/h5-6,12H,2,4,10H2,(H,11,13). The van der Waals surface area contributed by atoms with Crippen LogP contribution in [0.25, 0.3) is 0 Å². The third-order valence-electron chi connectivity index (χ3n) is 1.39. The van der Waals surface area contributed by atoms with E-state index in [0.717, 1.165) is 0 Å². The topological polar surface area (TPSA) is 79.1 Å². The van der Waals surface area contributed by atoms with Crippen LogP contribution >= 0.6 is 0 Å². The van der Waals surface area contributed by atoms with Gasteiger partial charge in [-0.05, 0) is 0 Å². The smallest absolute Gasteiger partial charge is 0.290 e. The molecule has 0 aliphatic carbocycles. The predicted octanol–water partition coefficient (Wildman–Crippen LogP) is -0.219. The number of aromatic nitrogens is 1. The molecular weight excluding hydrogens is 168 g/mol. The second-order valence-corrected chi connectivity index (χ2v) is 2.44. The Balaban J connectivity index is 2.87. The highest BCUT2D eigenvalue weighted by Gasteiger charge is 1.95. The number of H-pyrrole nitrogens is 1. The molecule has 0 aromatic carbocycles. The van der Waals surface area contributed by atoms with Crippen LogP contribution in [0.15, 0.2) is 17.1 Å². The predicted molar refractivity (Wildman–Crippen MR) is 49.3 cm³/mol. The zero-order valence-corrected chi connectivity index (χ0v) is 7.00. The molecule has 0 atom stereocenters. The maximum Gasteiger partial charge on any atom is 0.290 e. The maximum atomic E-state index is 10.7. The Morgan fingerprint density at radius 3 is 3.00 bits per heavy atom. The van der Waals surface area contributed by atoms with Crippen LogP contribution < -0.4 is 11.3 Å². The van der Waals surface area contributed by atoms with Crippen LogP contribution in [0.3, 0.4) is 0 Å². The quantitative estimate of drug-likeness (QED) is 0.520. The van der Waals surface area contributed by atoms with Crippen molar-refractivity contribution in [3.63, 3.8) is 0 Å². The van der Waals surface area contributed by atoms with E-state index in [1.54, 1.807) is 0 Å². The lowest BCUT2D eigenvalue weighted by molar-refractivity contribution is 0.466.